The lowest BCUT2D eigenvalue weighted by atomic mass is 10.1. The molecule has 0 aliphatic heterocycles. The van der Waals surface area contributed by atoms with Crippen LogP contribution in [0.25, 0.3) is 0 Å². The number of halogens is 1. The third kappa shape index (κ3) is 5.88. The van der Waals surface area contributed by atoms with E-state index in [2.05, 4.69) is 9.88 Å². The molecule has 3 rings (SSSR count). The van der Waals surface area contributed by atoms with Crippen molar-refractivity contribution in [2.75, 3.05) is 13.2 Å². The number of aromatic nitrogens is 1. The second kappa shape index (κ2) is 9.80. The first-order chi connectivity index (χ1) is 13.2. The first-order valence-corrected chi connectivity index (χ1v) is 8.92. The minimum Gasteiger partial charge on any atom is -0.489 e. The van der Waals surface area contributed by atoms with Crippen LogP contribution in [0.4, 0.5) is 4.39 Å². The predicted octanol–water partition coefficient (Wildman–Crippen LogP) is 3.79. The number of rotatable bonds is 9. The highest BCUT2D eigenvalue weighted by Gasteiger charge is 2.11. The van der Waals surface area contributed by atoms with E-state index < -0.39 is 0 Å². The average Bonchev–Trinajstić information content (AvgIpc) is 2.68. The van der Waals surface area contributed by atoms with Gasteiger partial charge in [0, 0.05) is 37.6 Å². The molecule has 3 aromatic rings. The maximum atomic E-state index is 13.3. The first-order valence-electron chi connectivity index (χ1n) is 8.92. The summed E-state index contributed by atoms with van der Waals surface area (Å²) in [6.07, 6.45) is 3.58. The summed E-state index contributed by atoms with van der Waals surface area (Å²) < 4.78 is 19.3. The van der Waals surface area contributed by atoms with Crippen LogP contribution in [-0.4, -0.2) is 28.1 Å². The topological polar surface area (TPSA) is 45.6 Å². The van der Waals surface area contributed by atoms with Crippen molar-refractivity contribution in [2.45, 2.75) is 19.7 Å². The number of aliphatic hydroxyl groups is 1. The molecule has 0 amide bonds. The molecule has 0 bridgehead atoms. The molecule has 0 atom stereocenters. The van der Waals surface area contributed by atoms with Crippen LogP contribution >= 0.6 is 0 Å². The largest absolute Gasteiger partial charge is 0.489 e. The van der Waals surface area contributed by atoms with Crippen molar-refractivity contribution in [3.8, 4) is 5.75 Å². The van der Waals surface area contributed by atoms with Gasteiger partial charge in [0.1, 0.15) is 18.2 Å². The molecule has 1 aromatic heterocycles. The van der Waals surface area contributed by atoms with Crippen molar-refractivity contribution >= 4 is 0 Å². The monoisotopic (exact) mass is 366 g/mol. The molecule has 0 fully saturated rings. The normalized spacial score (nSPS) is 10.9. The molecule has 1 N–H and O–H groups in total. The van der Waals surface area contributed by atoms with Gasteiger partial charge in [-0.2, -0.15) is 0 Å². The Kier molecular flexibility index (Phi) is 6.90. The van der Waals surface area contributed by atoms with E-state index in [-0.39, 0.29) is 12.4 Å². The molecule has 4 nitrogen and oxygen atoms in total. The van der Waals surface area contributed by atoms with Crippen LogP contribution in [0.15, 0.2) is 73.1 Å². The summed E-state index contributed by atoms with van der Waals surface area (Å²) in [7, 11) is 0. The van der Waals surface area contributed by atoms with E-state index in [0.29, 0.717) is 26.2 Å². The zero-order valence-corrected chi connectivity index (χ0v) is 15.1. The molecule has 0 saturated carbocycles. The molecule has 1 heterocycles. The number of pyridine rings is 1. The first kappa shape index (κ1) is 19.0. The highest BCUT2D eigenvalue weighted by molar-refractivity contribution is 5.33. The van der Waals surface area contributed by atoms with Crippen LogP contribution in [0.3, 0.4) is 0 Å². The summed E-state index contributed by atoms with van der Waals surface area (Å²) in [5.74, 6) is 0.492. The third-order valence-corrected chi connectivity index (χ3v) is 4.20. The van der Waals surface area contributed by atoms with Crippen molar-refractivity contribution in [1.82, 2.24) is 9.88 Å². The van der Waals surface area contributed by atoms with E-state index in [1.54, 1.807) is 12.3 Å². The minimum atomic E-state index is -0.269. The average molecular weight is 366 g/mol. The summed E-state index contributed by atoms with van der Waals surface area (Å²) in [5.41, 5.74) is 2.89. The van der Waals surface area contributed by atoms with Crippen LogP contribution in [0, 0.1) is 5.82 Å². The van der Waals surface area contributed by atoms with E-state index in [9.17, 15) is 9.50 Å². The molecule has 2 aromatic carbocycles. The SMILES string of the molecule is OCCN(Cc1cccnc1)Cc1ccccc1OCc1cccc(F)c1. The smallest absolute Gasteiger partial charge is 0.124 e. The number of hydrogen-bond acceptors (Lipinski definition) is 4. The summed E-state index contributed by atoms with van der Waals surface area (Å²) in [6, 6.07) is 18.1. The number of ether oxygens (including phenoxy) is 1. The zero-order valence-electron chi connectivity index (χ0n) is 15.1. The van der Waals surface area contributed by atoms with Crippen molar-refractivity contribution in [1.29, 1.82) is 0 Å². The summed E-state index contributed by atoms with van der Waals surface area (Å²) in [4.78, 5) is 6.29. The fourth-order valence-electron chi connectivity index (χ4n) is 2.91. The third-order valence-electron chi connectivity index (χ3n) is 4.20. The van der Waals surface area contributed by atoms with Gasteiger partial charge in [0.05, 0.1) is 6.61 Å². The number of hydrogen-bond donors (Lipinski definition) is 1. The van der Waals surface area contributed by atoms with E-state index in [0.717, 1.165) is 22.4 Å². The van der Waals surface area contributed by atoms with Crippen LogP contribution in [0.1, 0.15) is 16.7 Å². The maximum absolute atomic E-state index is 13.3. The van der Waals surface area contributed by atoms with Gasteiger partial charge in [-0.1, -0.05) is 36.4 Å². The van der Waals surface area contributed by atoms with Gasteiger partial charge in [-0.15, -0.1) is 0 Å². The Morgan fingerprint density at radius 2 is 1.81 bits per heavy atom. The lowest BCUT2D eigenvalue weighted by Gasteiger charge is -2.23. The molecular formula is C22H23FN2O2. The fourth-order valence-corrected chi connectivity index (χ4v) is 2.91. The second-order valence-corrected chi connectivity index (χ2v) is 6.32. The van der Waals surface area contributed by atoms with Gasteiger partial charge in [0.2, 0.25) is 0 Å². The van der Waals surface area contributed by atoms with E-state index in [1.165, 1.54) is 12.1 Å². The Morgan fingerprint density at radius 1 is 0.963 bits per heavy atom. The lowest BCUT2D eigenvalue weighted by molar-refractivity contribution is 0.181. The van der Waals surface area contributed by atoms with Crippen LogP contribution < -0.4 is 4.74 Å². The second-order valence-electron chi connectivity index (χ2n) is 6.32. The highest BCUT2D eigenvalue weighted by Crippen LogP contribution is 2.22. The predicted molar refractivity (Wildman–Crippen MR) is 103 cm³/mol. The van der Waals surface area contributed by atoms with Gasteiger partial charge in [0.15, 0.2) is 0 Å². The number of para-hydroxylation sites is 1. The van der Waals surface area contributed by atoms with Crippen LogP contribution in [0.5, 0.6) is 5.75 Å². The molecule has 0 saturated heterocycles. The van der Waals surface area contributed by atoms with Gasteiger partial charge < -0.3 is 9.84 Å². The molecule has 140 valence electrons. The zero-order chi connectivity index (χ0) is 18.9. The van der Waals surface area contributed by atoms with E-state index in [4.69, 9.17) is 4.74 Å². The van der Waals surface area contributed by atoms with Crippen LogP contribution in [-0.2, 0) is 19.7 Å². The van der Waals surface area contributed by atoms with Gasteiger partial charge in [-0.25, -0.2) is 4.39 Å². The number of aliphatic hydroxyl groups excluding tert-OH is 1. The Morgan fingerprint density at radius 3 is 2.59 bits per heavy atom. The Hall–Kier alpha value is -2.76. The standard InChI is InChI=1S/C22H23FN2O2/c23-21-8-3-5-18(13-21)17-27-22-9-2-1-7-20(22)16-25(11-12-26)15-19-6-4-10-24-14-19/h1-10,13-14,26H,11-12,15-17H2. The summed E-state index contributed by atoms with van der Waals surface area (Å²) >= 11 is 0. The Bertz CT molecular complexity index is 842. The molecule has 0 unspecified atom stereocenters. The quantitative estimate of drug-likeness (QED) is 0.626. The van der Waals surface area contributed by atoms with E-state index >= 15 is 0 Å². The number of nitrogens with zero attached hydrogens (tertiary/aromatic N) is 2. The summed E-state index contributed by atoms with van der Waals surface area (Å²) in [5, 5.41) is 9.42. The molecule has 0 spiro atoms. The van der Waals surface area contributed by atoms with Gasteiger partial charge in [-0.3, -0.25) is 9.88 Å². The Balaban J connectivity index is 1.69. The minimum absolute atomic E-state index is 0.0760. The molecule has 5 heteroatoms. The van der Waals surface area contributed by atoms with Gasteiger partial charge in [0.25, 0.3) is 0 Å². The molecule has 0 aliphatic rings. The van der Waals surface area contributed by atoms with Gasteiger partial charge in [-0.05, 0) is 35.4 Å². The van der Waals surface area contributed by atoms with Crippen molar-refractivity contribution < 1.29 is 14.2 Å². The molecule has 0 radical (unpaired) electrons. The lowest BCUT2D eigenvalue weighted by Crippen LogP contribution is -2.26. The maximum Gasteiger partial charge on any atom is 0.124 e. The van der Waals surface area contributed by atoms with Crippen molar-refractivity contribution in [3.05, 3.63) is 95.6 Å². The summed E-state index contributed by atoms with van der Waals surface area (Å²) in [6.45, 7) is 2.25. The van der Waals surface area contributed by atoms with Crippen LogP contribution in [0.2, 0.25) is 0 Å². The Labute approximate surface area is 158 Å². The molecule has 0 aliphatic carbocycles. The van der Waals surface area contributed by atoms with Gasteiger partial charge >= 0.3 is 0 Å². The van der Waals surface area contributed by atoms with Crippen molar-refractivity contribution in [2.24, 2.45) is 0 Å². The number of benzene rings is 2. The fraction of sp³-hybridized carbons (Fsp3) is 0.227. The highest BCUT2D eigenvalue weighted by atomic mass is 19.1. The van der Waals surface area contributed by atoms with E-state index in [1.807, 2.05) is 48.7 Å². The van der Waals surface area contributed by atoms with Crippen molar-refractivity contribution in [3.63, 3.8) is 0 Å². The molecular weight excluding hydrogens is 343 g/mol. The molecule has 27 heavy (non-hydrogen) atoms.